The Morgan fingerprint density at radius 1 is 0.823 bits per heavy atom. The molecule has 3 unspecified atom stereocenters. The normalized spacial score (nSPS) is 31.9. The molecule has 4 aliphatic rings. The van der Waals surface area contributed by atoms with Gasteiger partial charge in [-0.2, -0.15) is 0 Å². The monoisotopic (exact) mass is 852 g/mol. The van der Waals surface area contributed by atoms with Crippen molar-refractivity contribution in [3.63, 3.8) is 0 Å². The van der Waals surface area contributed by atoms with Crippen LogP contribution in [-0.4, -0.2) is 105 Å². The van der Waals surface area contributed by atoms with Crippen LogP contribution in [0.1, 0.15) is 86.7 Å². The van der Waals surface area contributed by atoms with E-state index < -0.39 is 113 Å². The fourth-order valence-corrected chi connectivity index (χ4v) is 10.2. The average molecular weight is 853 g/mol. The Kier molecular flexibility index (Phi) is 11.8. The quantitative estimate of drug-likeness (QED) is 0.130. The molecule has 2 bridgehead atoms. The molecule has 7 rings (SSSR count). The van der Waals surface area contributed by atoms with Crippen LogP contribution in [0.2, 0.25) is 0 Å². The molecule has 1 aliphatic heterocycles. The highest BCUT2D eigenvalue weighted by atomic mass is 16.6. The summed E-state index contributed by atoms with van der Waals surface area (Å²) in [6, 6.07) is 22.9. The van der Waals surface area contributed by atoms with Crippen molar-refractivity contribution in [1.82, 2.24) is 5.32 Å². The maximum Gasteiger partial charge on any atom is 0.338 e. The van der Waals surface area contributed by atoms with E-state index in [2.05, 4.69) is 5.32 Å². The first-order valence-electron chi connectivity index (χ1n) is 20.5. The number of ketones is 1. The average Bonchev–Trinajstić information content (AvgIpc) is 3.24. The Morgan fingerprint density at radius 2 is 1.40 bits per heavy atom. The van der Waals surface area contributed by atoms with Gasteiger partial charge in [-0.05, 0) is 54.8 Å². The van der Waals surface area contributed by atoms with E-state index in [0.717, 1.165) is 13.8 Å². The van der Waals surface area contributed by atoms with Crippen LogP contribution in [0.15, 0.2) is 102 Å². The van der Waals surface area contributed by atoms with Crippen molar-refractivity contribution in [3.05, 3.63) is 119 Å². The molecule has 62 heavy (non-hydrogen) atoms. The Hall–Kier alpha value is -5.74. The number of aliphatic hydroxyl groups is 3. The SMILES string of the molecule is CC(=O)O[C@H]1C(=O)[C@@]2(C)C([C@H](OC(=O)c3ccccc3)[C@]3(O)C[C@H](OC(=O)C(O)C(NC(=O)c4ccccc4)c4ccccc4)C(C)=C1C3(C)C)[C@]1(OC([11CH3])=O)CO[C@@H]1C[C@@H]2O. The van der Waals surface area contributed by atoms with Gasteiger partial charge in [-0.25, -0.2) is 9.59 Å². The van der Waals surface area contributed by atoms with E-state index in [9.17, 15) is 39.3 Å². The van der Waals surface area contributed by atoms with E-state index in [1.54, 1.807) is 92.7 Å². The summed E-state index contributed by atoms with van der Waals surface area (Å²) in [6.45, 7) is 7.97. The summed E-state index contributed by atoms with van der Waals surface area (Å²) in [6.07, 6.45) is -10.5. The van der Waals surface area contributed by atoms with Gasteiger partial charge in [0.05, 0.1) is 35.6 Å². The van der Waals surface area contributed by atoms with Crippen LogP contribution >= 0.6 is 0 Å². The van der Waals surface area contributed by atoms with E-state index >= 15 is 4.79 Å². The summed E-state index contributed by atoms with van der Waals surface area (Å²) < 4.78 is 30.3. The first-order chi connectivity index (χ1) is 29.3. The zero-order valence-corrected chi connectivity index (χ0v) is 35.2. The number of esters is 4. The first-order valence-corrected chi connectivity index (χ1v) is 20.5. The van der Waals surface area contributed by atoms with Crippen LogP contribution < -0.4 is 5.32 Å². The molecule has 3 aromatic rings. The maximum absolute atomic E-state index is 15.5. The number of ether oxygens (including phenoxy) is 5. The molecule has 11 atom stereocenters. The second-order valence-electron chi connectivity index (χ2n) is 17.4. The lowest BCUT2D eigenvalue weighted by molar-refractivity contribution is -0.346. The van der Waals surface area contributed by atoms with E-state index in [1.165, 1.54) is 26.0 Å². The number of fused-ring (bicyclic) bond motifs is 5. The standard InChI is InChI=1S/C47H51NO14/c1-25-31(60-43(56)36(52)35(28-16-10-7-11-17-28)48-41(54)29-18-12-8-13-19-29)23-47(57)40(61-42(55)30-20-14-9-15-21-30)38-45(6,32(51)22-33-46(38,24-58-33)62-27(3)50)39(53)37(59-26(2)49)34(25)44(47,4)5/h7-21,31-33,35-38,40,51-52,57H,22-24H2,1-6H3,(H,48,54)/t31-,32-,33+,35?,36?,37+,38?,40-,45+,46-,47+/m0/s1/i3-1. The summed E-state index contributed by atoms with van der Waals surface area (Å²) in [5.74, 6) is -6.84. The molecule has 3 aromatic carbocycles. The molecule has 3 aliphatic carbocycles. The maximum atomic E-state index is 15.5. The van der Waals surface area contributed by atoms with E-state index in [4.69, 9.17) is 23.7 Å². The van der Waals surface area contributed by atoms with Crippen LogP contribution in [0.3, 0.4) is 0 Å². The van der Waals surface area contributed by atoms with Gasteiger partial charge in [0.15, 0.2) is 23.6 Å². The van der Waals surface area contributed by atoms with Gasteiger partial charge in [0.25, 0.3) is 5.91 Å². The third-order valence-electron chi connectivity index (χ3n) is 13.5. The molecule has 0 radical (unpaired) electrons. The van der Waals surface area contributed by atoms with E-state index in [1.807, 2.05) is 0 Å². The summed E-state index contributed by atoms with van der Waals surface area (Å²) in [5, 5.41) is 40.2. The molecular weight excluding hydrogens is 802 g/mol. The van der Waals surface area contributed by atoms with Gasteiger partial charge in [-0.15, -0.1) is 0 Å². The summed E-state index contributed by atoms with van der Waals surface area (Å²) in [5.41, 5.74) is -7.02. The van der Waals surface area contributed by atoms with Gasteiger partial charge in [0, 0.05) is 37.7 Å². The molecule has 3 fully saturated rings. The Balaban J connectivity index is 1.39. The van der Waals surface area contributed by atoms with E-state index in [-0.39, 0.29) is 35.3 Å². The molecular formula is C47H51NO14. The van der Waals surface area contributed by atoms with Crippen LogP contribution in [0, 0.1) is 16.7 Å². The molecule has 15 nitrogen and oxygen atoms in total. The number of Topliss-reactive ketones (excluding diaryl/α,β-unsaturated/α-hetero) is 1. The van der Waals surface area contributed by atoms with Crippen molar-refractivity contribution >= 4 is 35.6 Å². The van der Waals surface area contributed by atoms with Crippen molar-refractivity contribution in [2.24, 2.45) is 16.7 Å². The zero-order chi connectivity index (χ0) is 44.9. The number of amides is 1. The second kappa shape index (κ2) is 16.5. The molecule has 4 N–H and O–H groups in total. The zero-order valence-electron chi connectivity index (χ0n) is 35.2. The predicted molar refractivity (Wildman–Crippen MR) is 218 cm³/mol. The van der Waals surface area contributed by atoms with Crippen molar-refractivity contribution in [2.75, 3.05) is 6.61 Å². The number of carbonyl (C=O) groups is 6. The van der Waals surface area contributed by atoms with Crippen molar-refractivity contribution in [3.8, 4) is 0 Å². The predicted octanol–water partition coefficient (Wildman–Crippen LogP) is 3.74. The summed E-state index contributed by atoms with van der Waals surface area (Å²) in [4.78, 5) is 83.5. The third kappa shape index (κ3) is 7.29. The molecule has 15 heteroatoms. The second-order valence-corrected chi connectivity index (χ2v) is 17.4. The minimum atomic E-state index is -2.39. The smallest absolute Gasteiger partial charge is 0.338 e. The van der Waals surface area contributed by atoms with Crippen molar-refractivity contribution < 1.29 is 67.8 Å². The number of nitrogens with one attached hydrogen (secondary N) is 1. The first kappa shape index (κ1) is 44.3. The van der Waals surface area contributed by atoms with Crippen LogP contribution in [-0.2, 0) is 42.9 Å². The largest absolute Gasteiger partial charge is 0.456 e. The molecule has 2 saturated carbocycles. The summed E-state index contributed by atoms with van der Waals surface area (Å²) in [7, 11) is 0. The molecule has 0 spiro atoms. The Bertz CT molecular complexity index is 2280. The highest BCUT2D eigenvalue weighted by Crippen LogP contribution is 2.64. The molecule has 328 valence electrons. The Morgan fingerprint density at radius 3 is 1.95 bits per heavy atom. The lowest BCUT2D eigenvalue weighted by Gasteiger charge is -2.67. The number of benzene rings is 3. The van der Waals surface area contributed by atoms with Gasteiger partial charge in [0.1, 0.15) is 23.9 Å². The molecule has 1 saturated heterocycles. The van der Waals surface area contributed by atoms with Gasteiger partial charge in [-0.1, -0.05) is 80.6 Å². The number of hydrogen-bond acceptors (Lipinski definition) is 14. The molecule has 0 aromatic heterocycles. The number of aliphatic hydroxyl groups excluding tert-OH is 2. The highest BCUT2D eigenvalue weighted by Gasteiger charge is 2.78. The number of rotatable bonds is 10. The van der Waals surface area contributed by atoms with Crippen LogP contribution in [0.4, 0.5) is 0 Å². The van der Waals surface area contributed by atoms with Crippen LogP contribution in [0.25, 0.3) is 0 Å². The van der Waals surface area contributed by atoms with Gasteiger partial charge >= 0.3 is 23.9 Å². The van der Waals surface area contributed by atoms with Crippen LogP contribution in [0.5, 0.6) is 0 Å². The number of carbonyl (C=O) groups excluding carboxylic acids is 6. The van der Waals surface area contributed by atoms with Crippen molar-refractivity contribution in [2.45, 2.75) is 108 Å². The molecule has 1 amide bonds. The van der Waals surface area contributed by atoms with Gasteiger partial charge in [0.2, 0.25) is 0 Å². The topological polar surface area (TPSA) is 221 Å². The fraction of sp³-hybridized carbons (Fsp3) is 0.447. The minimum Gasteiger partial charge on any atom is -0.456 e. The van der Waals surface area contributed by atoms with Gasteiger partial charge in [-0.3, -0.25) is 19.2 Å². The lowest BCUT2D eigenvalue weighted by Crippen LogP contribution is -2.82. The fourth-order valence-electron chi connectivity index (χ4n) is 10.2. The lowest BCUT2D eigenvalue weighted by atomic mass is 9.44. The third-order valence-corrected chi connectivity index (χ3v) is 13.5. The minimum absolute atomic E-state index is 0.00289. The summed E-state index contributed by atoms with van der Waals surface area (Å²) >= 11 is 0. The number of hydrogen-bond donors (Lipinski definition) is 4. The van der Waals surface area contributed by atoms with Gasteiger partial charge < -0.3 is 44.3 Å². The highest BCUT2D eigenvalue weighted by molar-refractivity contribution is 5.96. The molecule has 1 heterocycles. The Labute approximate surface area is 358 Å². The van der Waals surface area contributed by atoms with Crippen molar-refractivity contribution in [1.29, 1.82) is 0 Å². The van der Waals surface area contributed by atoms with E-state index in [0.29, 0.717) is 5.56 Å².